The van der Waals surface area contributed by atoms with Crippen molar-refractivity contribution >= 4 is 38.9 Å². The number of hydrogen-bond acceptors (Lipinski definition) is 3. The van der Waals surface area contributed by atoms with Crippen molar-refractivity contribution in [1.29, 1.82) is 0 Å². The van der Waals surface area contributed by atoms with Crippen LogP contribution in [0.4, 0.5) is 11.4 Å². The molecule has 0 bridgehead atoms. The molecule has 0 aliphatic carbocycles. The van der Waals surface area contributed by atoms with E-state index in [9.17, 15) is 0 Å². The standard InChI is InChI=1S/C14H15BrClN3/c1-19(2)14-12(16)4-3-5-13(14)18-9-11-7-6-10(15)8-17-11/h3-8,18H,9H2,1-2H3. The average molecular weight is 341 g/mol. The van der Waals surface area contributed by atoms with E-state index in [-0.39, 0.29) is 0 Å². The highest BCUT2D eigenvalue weighted by Crippen LogP contribution is 2.32. The minimum absolute atomic E-state index is 0.661. The van der Waals surface area contributed by atoms with Gasteiger partial charge in [-0.3, -0.25) is 4.98 Å². The van der Waals surface area contributed by atoms with Gasteiger partial charge in [-0.25, -0.2) is 0 Å². The van der Waals surface area contributed by atoms with Crippen LogP contribution in [0.5, 0.6) is 0 Å². The molecule has 0 aliphatic rings. The molecule has 0 radical (unpaired) electrons. The summed E-state index contributed by atoms with van der Waals surface area (Å²) in [6.07, 6.45) is 1.79. The minimum atomic E-state index is 0.661. The lowest BCUT2D eigenvalue weighted by atomic mass is 10.2. The molecular formula is C14H15BrClN3. The van der Waals surface area contributed by atoms with E-state index in [1.54, 1.807) is 6.20 Å². The van der Waals surface area contributed by atoms with Crippen molar-refractivity contribution in [2.45, 2.75) is 6.54 Å². The number of para-hydroxylation sites is 1. The van der Waals surface area contributed by atoms with Crippen LogP contribution in [-0.4, -0.2) is 19.1 Å². The minimum Gasteiger partial charge on any atom is -0.378 e. The van der Waals surface area contributed by atoms with Gasteiger partial charge in [0.25, 0.3) is 0 Å². The monoisotopic (exact) mass is 339 g/mol. The quantitative estimate of drug-likeness (QED) is 0.905. The lowest BCUT2D eigenvalue weighted by molar-refractivity contribution is 1.03. The third kappa shape index (κ3) is 3.61. The lowest BCUT2D eigenvalue weighted by Gasteiger charge is -2.19. The van der Waals surface area contributed by atoms with Gasteiger partial charge in [0.15, 0.2) is 0 Å². The third-order valence-corrected chi connectivity index (χ3v) is 3.46. The number of aromatic nitrogens is 1. The van der Waals surface area contributed by atoms with E-state index in [4.69, 9.17) is 11.6 Å². The first-order valence-electron chi connectivity index (χ1n) is 5.88. The maximum absolute atomic E-state index is 6.22. The summed E-state index contributed by atoms with van der Waals surface area (Å²) in [7, 11) is 3.95. The van der Waals surface area contributed by atoms with Crippen molar-refractivity contribution in [3.63, 3.8) is 0 Å². The molecule has 5 heteroatoms. The first kappa shape index (κ1) is 14.2. The van der Waals surface area contributed by atoms with E-state index >= 15 is 0 Å². The Morgan fingerprint density at radius 2 is 2.05 bits per heavy atom. The van der Waals surface area contributed by atoms with Gasteiger partial charge in [-0.2, -0.15) is 0 Å². The summed E-state index contributed by atoms with van der Waals surface area (Å²) in [4.78, 5) is 6.33. The van der Waals surface area contributed by atoms with Crippen LogP contribution in [0.3, 0.4) is 0 Å². The van der Waals surface area contributed by atoms with Crippen LogP contribution in [0, 0.1) is 0 Å². The highest BCUT2D eigenvalue weighted by molar-refractivity contribution is 9.10. The second-order valence-electron chi connectivity index (χ2n) is 4.35. The number of rotatable bonds is 4. The molecule has 0 spiro atoms. The molecule has 3 nitrogen and oxygen atoms in total. The predicted molar refractivity (Wildman–Crippen MR) is 85.0 cm³/mol. The highest BCUT2D eigenvalue weighted by Gasteiger charge is 2.08. The van der Waals surface area contributed by atoms with Gasteiger partial charge in [-0.05, 0) is 40.2 Å². The van der Waals surface area contributed by atoms with E-state index in [0.717, 1.165) is 26.6 Å². The number of benzene rings is 1. The van der Waals surface area contributed by atoms with Crippen molar-refractivity contribution in [3.8, 4) is 0 Å². The van der Waals surface area contributed by atoms with Crippen LogP contribution in [0.2, 0.25) is 5.02 Å². The zero-order valence-corrected chi connectivity index (χ0v) is 13.2. The van der Waals surface area contributed by atoms with Gasteiger partial charge in [0.1, 0.15) is 0 Å². The molecule has 0 atom stereocenters. The van der Waals surface area contributed by atoms with Gasteiger partial charge < -0.3 is 10.2 Å². The molecule has 1 heterocycles. The molecule has 0 saturated heterocycles. The van der Waals surface area contributed by atoms with Crippen molar-refractivity contribution in [1.82, 2.24) is 4.98 Å². The second kappa shape index (κ2) is 6.26. The number of pyridine rings is 1. The topological polar surface area (TPSA) is 28.2 Å². The Labute approximate surface area is 126 Å². The molecule has 100 valence electrons. The number of anilines is 2. The van der Waals surface area contributed by atoms with Crippen LogP contribution >= 0.6 is 27.5 Å². The number of hydrogen-bond donors (Lipinski definition) is 1. The summed E-state index contributed by atoms with van der Waals surface area (Å²) >= 11 is 9.60. The van der Waals surface area contributed by atoms with Crippen molar-refractivity contribution in [2.75, 3.05) is 24.3 Å². The maximum Gasteiger partial charge on any atom is 0.0786 e. The Balaban J connectivity index is 2.15. The van der Waals surface area contributed by atoms with Crippen LogP contribution in [0.15, 0.2) is 41.0 Å². The van der Waals surface area contributed by atoms with Crippen LogP contribution in [0.25, 0.3) is 0 Å². The smallest absolute Gasteiger partial charge is 0.0786 e. The first-order chi connectivity index (χ1) is 9.08. The van der Waals surface area contributed by atoms with E-state index in [1.807, 2.05) is 49.3 Å². The summed E-state index contributed by atoms with van der Waals surface area (Å²) < 4.78 is 0.980. The lowest BCUT2D eigenvalue weighted by Crippen LogP contribution is -2.13. The number of halogens is 2. The molecule has 0 amide bonds. The number of nitrogens with one attached hydrogen (secondary N) is 1. The average Bonchev–Trinajstić information content (AvgIpc) is 2.37. The molecule has 19 heavy (non-hydrogen) atoms. The fraction of sp³-hybridized carbons (Fsp3) is 0.214. The molecule has 2 rings (SSSR count). The van der Waals surface area contributed by atoms with Crippen molar-refractivity contribution in [3.05, 3.63) is 51.7 Å². The van der Waals surface area contributed by atoms with Gasteiger partial charge in [0, 0.05) is 24.8 Å². The molecular weight excluding hydrogens is 326 g/mol. The van der Waals surface area contributed by atoms with E-state index < -0.39 is 0 Å². The molecule has 0 fully saturated rings. The molecule has 1 aromatic carbocycles. The summed E-state index contributed by atoms with van der Waals surface area (Å²) in [5.74, 6) is 0. The van der Waals surface area contributed by atoms with Crippen LogP contribution in [0.1, 0.15) is 5.69 Å². The third-order valence-electron chi connectivity index (χ3n) is 2.68. The Hall–Kier alpha value is -1.26. The maximum atomic E-state index is 6.22. The summed E-state index contributed by atoms with van der Waals surface area (Å²) in [5.41, 5.74) is 2.97. The summed E-state index contributed by atoms with van der Waals surface area (Å²) in [5, 5.41) is 4.10. The summed E-state index contributed by atoms with van der Waals surface area (Å²) in [6, 6.07) is 9.80. The summed E-state index contributed by atoms with van der Waals surface area (Å²) in [6.45, 7) is 0.661. The van der Waals surface area contributed by atoms with E-state index in [1.165, 1.54) is 0 Å². The second-order valence-corrected chi connectivity index (χ2v) is 5.67. The molecule has 1 aromatic heterocycles. The van der Waals surface area contributed by atoms with Crippen LogP contribution < -0.4 is 10.2 Å². The Bertz CT molecular complexity index is 555. The van der Waals surface area contributed by atoms with Crippen molar-refractivity contribution < 1.29 is 0 Å². The van der Waals surface area contributed by atoms with Gasteiger partial charge in [-0.1, -0.05) is 17.7 Å². The van der Waals surface area contributed by atoms with Gasteiger partial charge in [0.2, 0.25) is 0 Å². The van der Waals surface area contributed by atoms with E-state index in [2.05, 4.69) is 26.2 Å². The molecule has 0 aliphatic heterocycles. The van der Waals surface area contributed by atoms with Crippen LogP contribution in [-0.2, 0) is 6.54 Å². The predicted octanol–water partition coefficient (Wildman–Crippen LogP) is 4.18. The molecule has 1 N–H and O–H groups in total. The normalized spacial score (nSPS) is 10.3. The Morgan fingerprint density at radius 3 is 2.68 bits per heavy atom. The first-order valence-corrected chi connectivity index (χ1v) is 7.05. The zero-order valence-electron chi connectivity index (χ0n) is 10.8. The fourth-order valence-corrected chi connectivity index (χ4v) is 2.39. The largest absolute Gasteiger partial charge is 0.378 e. The Morgan fingerprint density at radius 1 is 1.26 bits per heavy atom. The highest BCUT2D eigenvalue weighted by atomic mass is 79.9. The molecule has 0 unspecified atom stereocenters. The molecule has 2 aromatic rings. The van der Waals surface area contributed by atoms with Gasteiger partial charge in [-0.15, -0.1) is 0 Å². The van der Waals surface area contributed by atoms with Crippen molar-refractivity contribution in [2.24, 2.45) is 0 Å². The zero-order chi connectivity index (χ0) is 13.8. The SMILES string of the molecule is CN(C)c1c(Cl)cccc1NCc1ccc(Br)cn1. The fourth-order valence-electron chi connectivity index (χ4n) is 1.81. The van der Waals surface area contributed by atoms with Gasteiger partial charge >= 0.3 is 0 Å². The number of nitrogens with zero attached hydrogens (tertiary/aromatic N) is 2. The van der Waals surface area contributed by atoms with Gasteiger partial charge in [0.05, 0.1) is 28.6 Å². The van der Waals surface area contributed by atoms with E-state index in [0.29, 0.717) is 6.54 Å². The molecule has 0 saturated carbocycles. The Kier molecular flexibility index (Phi) is 4.66.